The van der Waals surface area contributed by atoms with Crippen LogP contribution in [0.5, 0.6) is 0 Å². The number of nitrogens with one attached hydrogen (secondary N) is 1. The van der Waals surface area contributed by atoms with E-state index in [0.717, 1.165) is 44.9 Å². The minimum atomic E-state index is -1.79. The molecule has 0 aromatic carbocycles. The van der Waals surface area contributed by atoms with Crippen LogP contribution < -0.4 is 5.32 Å². The van der Waals surface area contributed by atoms with Crippen LogP contribution in [0.15, 0.2) is 12.2 Å². The molecule has 1 amide bonds. The summed E-state index contributed by atoms with van der Waals surface area (Å²) in [6.45, 7) is 2.87. The third-order valence-corrected chi connectivity index (χ3v) is 19.0. The van der Waals surface area contributed by atoms with Crippen LogP contribution >= 0.6 is 0 Å². The van der Waals surface area contributed by atoms with Crippen molar-refractivity contribution in [2.24, 2.45) is 0 Å². The number of unbranched alkanes of at least 4 members (excludes halogenated alkanes) is 51. The first-order valence-electron chi connectivity index (χ1n) is 37.9. The average Bonchev–Trinajstić information content (AvgIpc) is 2.02. The van der Waals surface area contributed by atoms with E-state index in [1.165, 1.54) is 295 Å². The van der Waals surface area contributed by atoms with Gasteiger partial charge in [0.15, 0.2) is 12.6 Å². The van der Waals surface area contributed by atoms with E-state index in [-0.39, 0.29) is 18.9 Å². The number of carbonyl (C=O) groups is 1. The number of ether oxygens (including phenoxy) is 4. The van der Waals surface area contributed by atoms with Gasteiger partial charge in [-0.3, -0.25) is 4.79 Å². The Morgan fingerprint density at radius 1 is 0.398 bits per heavy atom. The topological polar surface area (TPSA) is 228 Å². The van der Waals surface area contributed by atoms with Crippen molar-refractivity contribution < 1.29 is 64.6 Å². The lowest BCUT2D eigenvalue weighted by atomic mass is 9.97. The molecule has 2 aliphatic heterocycles. The summed E-state index contributed by atoms with van der Waals surface area (Å²) in [6, 6.07) is -0.911. The predicted octanol–water partition coefficient (Wildman–Crippen LogP) is 16.1. The molecule has 0 aliphatic carbocycles. The normalized spacial score (nSPS) is 23.1. The smallest absolute Gasteiger partial charge is 0.220 e. The third kappa shape index (κ3) is 42.9. The Bertz CT molecular complexity index is 1520. The highest BCUT2D eigenvalue weighted by molar-refractivity contribution is 5.76. The first-order chi connectivity index (χ1) is 43.1. The van der Waals surface area contributed by atoms with E-state index in [9.17, 15) is 45.6 Å². The molecule has 2 aliphatic rings. The van der Waals surface area contributed by atoms with Crippen molar-refractivity contribution in [3.8, 4) is 0 Å². The number of allylic oxidation sites excluding steroid dienone is 1. The quantitative estimate of drug-likeness (QED) is 0.0204. The molecule has 0 saturated carbocycles. The van der Waals surface area contributed by atoms with E-state index in [1.807, 2.05) is 6.08 Å². The fourth-order valence-corrected chi connectivity index (χ4v) is 12.9. The first kappa shape index (κ1) is 82.8. The summed E-state index contributed by atoms with van der Waals surface area (Å²) < 4.78 is 22.9. The van der Waals surface area contributed by atoms with E-state index in [4.69, 9.17) is 18.9 Å². The highest BCUT2D eigenvalue weighted by Gasteiger charge is 2.51. The summed E-state index contributed by atoms with van der Waals surface area (Å²) in [4.78, 5) is 13.4. The van der Waals surface area contributed by atoms with Gasteiger partial charge in [0.25, 0.3) is 0 Å². The molecule has 9 N–H and O–H groups in total. The van der Waals surface area contributed by atoms with Gasteiger partial charge in [0.1, 0.15) is 48.8 Å². The molecule has 2 fully saturated rings. The lowest BCUT2D eigenvalue weighted by Gasteiger charge is -2.46. The Labute approximate surface area is 539 Å². The molecule has 0 radical (unpaired) electrons. The van der Waals surface area contributed by atoms with Crippen LogP contribution in [0.4, 0.5) is 0 Å². The molecule has 0 aromatic heterocycles. The Hall–Kier alpha value is -1.27. The molecule has 12 atom stereocenters. The number of hydrogen-bond donors (Lipinski definition) is 9. The van der Waals surface area contributed by atoms with E-state index >= 15 is 0 Å². The Balaban J connectivity index is 1.61. The number of aliphatic hydroxyl groups is 8. The maximum absolute atomic E-state index is 13.4. The standard InChI is InChI=1S/C74H143NO13/c1-3-5-7-9-11-13-15-17-19-21-23-25-26-27-28-29-30-31-32-33-34-35-36-38-40-42-44-46-48-50-52-54-56-58-66(79)75-62(63(78)57-55-53-51-49-47-45-43-41-39-37-24-22-20-18-16-14-12-10-8-6-4-2)61-85-73-71(84)69(82)72(65(60-77)87-73)88-74-70(83)68(81)67(80)64(59-76)86-74/h55,57,62-65,67-74,76-78,80-84H,3-54,56,58-61H2,1-2H3,(H,75,79)/b57-55+. The van der Waals surface area contributed by atoms with E-state index in [2.05, 4.69) is 19.2 Å². The summed E-state index contributed by atoms with van der Waals surface area (Å²) in [6.07, 6.45) is 57.2. The number of aliphatic hydroxyl groups excluding tert-OH is 8. The molecule has 522 valence electrons. The lowest BCUT2D eigenvalue weighted by Crippen LogP contribution is -2.65. The van der Waals surface area contributed by atoms with Crippen LogP contribution in [0.25, 0.3) is 0 Å². The van der Waals surface area contributed by atoms with Crippen LogP contribution in [-0.2, 0) is 23.7 Å². The van der Waals surface area contributed by atoms with Crippen molar-refractivity contribution >= 4 is 5.91 Å². The van der Waals surface area contributed by atoms with Gasteiger partial charge in [-0.05, 0) is 19.3 Å². The molecular weight excluding hydrogens is 1110 g/mol. The second-order valence-electron chi connectivity index (χ2n) is 27.1. The molecule has 88 heavy (non-hydrogen) atoms. The highest BCUT2D eigenvalue weighted by atomic mass is 16.7. The number of hydrogen-bond acceptors (Lipinski definition) is 13. The van der Waals surface area contributed by atoms with Gasteiger partial charge >= 0.3 is 0 Å². The molecule has 14 nitrogen and oxygen atoms in total. The van der Waals surface area contributed by atoms with Gasteiger partial charge < -0.3 is 65.1 Å². The largest absolute Gasteiger partial charge is 0.394 e. The van der Waals surface area contributed by atoms with Crippen molar-refractivity contribution in [3.63, 3.8) is 0 Å². The van der Waals surface area contributed by atoms with Crippen LogP contribution in [-0.4, -0.2) is 140 Å². The van der Waals surface area contributed by atoms with Gasteiger partial charge in [0.2, 0.25) is 5.91 Å². The molecule has 0 aromatic rings. The van der Waals surface area contributed by atoms with Gasteiger partial charge in [-0.25, -0.2) is 0 Å². The summed E-state index contributed by atoms with van der Waals surface area (Å²) in [5.74, 6) is -0.230. The van der Waals surface area contributed by atoms with Crippen molar-refractivity contribution in [1.29, 1.82) is 0 Å². The minimum absolute atomic E-state index is 0.230. The molecule has 14 heteroatoms. The molecule has 12 unspecified atom stereocenters. The monoisotopic (exact) mass is 1250 g/mol. The maximum atomic E-state index is 13.4. The fourth-order valence-electron chi connectivity index (χ4n) is 12.9. The van der Waals surface area contributed by atoms with Crippen molar-refractivity contribution in [3.05, 3.63) is 12.2 Å². The highest BCUT2D eigenvalue weighted by Crippen LogP contribution is 2.30. The number of amides is 1. The molecule has 0 spiro atoms. The fraction of sp³-hybridized carbons (Fsp3) is 0.959. The predicted molar refractivity (Wildman–Crippen MR) is 360 cm³/mol. The van der Waals surface area contributed by atoms with Crippen molar-refractivity contribution in [2.75, 3.05) is 19.8 Å². The molecular formula is C74H143NO13. The summed E-state index contributed by atoms with van der Waals surface area (Å²) in [5.41, 5.74) is 0. The Kier molecular flexibility index (Phi) is 56.0. The van der Waals surface area contributed by atoms with Crippen LogP contribution in [0.3, 0.4) is 0 Å². The van der Waals surface area contributed by atoms with Crippen molar-refractivity contribution in [1.82, 2.24) is 5.32 Å². The zero-order valence-corrected chi connectivity index (χ0v) is 57.0. The second-order valence-corrected chi connectivity index (χ2v) is 27.1. The molecule has 2 heterocycles. The van der Waals surface area contributed by atoms with Gasteiger partial charge in [-0.2, -0.15) is 0 Å². The summed E-state index contributed by atoms with van der Waals surface area (Å²) >= 11 is 0. The van der Waals surface area contributed by atoms with E-state index in [0.29, 0.717) is 0 Å². The lowest BCUT2D eigenvalue weighted by molar-refractivity contribution is -0.359. The zero-order valence-electron chi connectivity index (χ0n) is 57.0. The van der Waals surface area contributed by atoms with E-state index in [1.54, 1.807) is 6.08 Å². The molecule has 0 bridgehead atoms. The van der Waals surface area contributed by atoms with Crippen LogP contribution in [0.1, 0.15) is 361 Å². The van der Waals surface area contributed by atoms with Crippen LogP contribution in [0, 0.1) is 0 Å². The van der Waals surface area contributed by atoms with Gasteiger partial charge in [-0.1, -0.05) is 347 Å². The first-order valence-corrected chi connectivity index (χ1v) is 37.9. The number of carbonyl (C=O) groups excluding carboxylic acids is 1. The minimum Gasteiger partial charge on any atom is -0.394 e. The molecule has 2 rings (SSSR count). The Morgan fingerprint density at radius 2 is 0.705 bits per heavy atom. The van der Waals surface area contributed by atoms with Crippen molar-refractivity contribution in [2.45, 2.75) is 434 Å². The second kappa shape index (κ2) is 59.5. The Morgan fingerprint density at radius 3 is 1.05 bits per heavy atom. The van der Waals surface area contributed by atoms with Gasteiger partial charge in [0.05, 0.1) is 32.0 Å². The molecule has 2 saturated heterocycles. The zero-order chi connectivity index (χ0) is 63.8. The van der Waals surface area contributed by atoms with Gasteiger partial charge in [0, 0.05) is 6.42 Å². The SMILES string of the molecule is CCCCCCCCCCCCCCCCCCCCC/C=C/C(O)C(COC1OC(CO)C(OC2OC(CO)C(O)C(O)C2O)C(O)C1O)NC(=O)CCCCCCCCCCCCCCCCCCCCCCCCCCCCCCCCCCC. The summed E-state index contributed by atoms with van der Waals surface area (Å²) in [7, 11) is 0. The van der Waals surface area contributed by atoms with Crippen LogP contribution in [0.2, 0.25) is 0 Å². The van der Waals surface area contributed by atoms with E-state index < -0.39 is 86.8 Å². The third-order valence-electron chi connectivity index (χ3n) is 19.0. The average molecular weight is 1250 g/mol. The van der Waals surface area contributed by atoms with Gasteiger partial charge in [-0.15, -0.1) is 0 Å². The summed E-state index contributed by atoms with van der Waals surface area (Å²) in [5, 5.41) is 87.5. The maximum Gasteiger partial charge on any atom is 0.220 e. The number of rotatable bonds is 64.